The van der Waals surface area contributed by atoms with E-state index in [2.05, 4.69) is 60.0 Å². The SMILES string of the molecule is CC(C)(C)c1ccc(Cn2cnc3nc(-c4ccccc4)[nH]c(=O)c32)cc1. The van der Waals surface area contributed by atoms with Crippen molar-refractivity contribution >= 4 is 11.2 Å². The Bertz CT molecular complexity index is 1130. The van der Waals surface area contributed by atoms with Crippen molar-refractivity contribution in [1.82, 2.24) is 19.5 Å². The van der Waals surface area contributed by atoms with Crippen LogP contribution in [0.2, 0.25) is 0 Å². The maximum absolute atomic E-state index is 12.7. The van der Waals surface area contributed by atoms with E-state index in [1.165, 1.54) is 5.56 Å². The van der Waals surface area contributed by atoms with Crippen molar-refractivity contribution in [3.63, 3.8) is 0 Å². The van der Waals surface area contributed by atoms with E-state index >= 15 is 0 Å². The summed E-state index contributed by atoms with van der Waals surface area (Å²) in [6.45, 7) is 7.17. The second-order valence-electron chi connectivity index (χ2n) is 7.77. The average Bonchev–Trinajstić information content (AvgIpc) is 3.05. The molecular weight excluding hydrogens is 336 g/mol. The minimum atomic E-state index is -0.178. The zero-order valence-corrected chi connectivity index (χ0v) is 15.7. The second-order valence-corrected chi connectivity index (χ2v) is 7.77. The monoisotopic (exact) mass is 358 g/mol. The smallest absolute Gasteiger partial charge is 0.277 e. The highest BCUT2D eigenvalue weighted by molar-refractivity contribution is 5.72. The predicted octanol–water partition coefficient (Wildman–Crippen LogP) is 4.13. The standard InChI is InChI=1S/C22H22N4O/c1-22(2,3)17-11-9-15(10-12-17)13-26-14-23-20-18(26)21(27)25-19(24-20)16-7-5-4-6-8-16/h4-12,14H,13H2,1-3H3,(H,24,25,27). The molecular formula is C22H22N4O. The Labute approximate surface area is 157 Å². The molecule has 4 rings (SSSR count). The van der Waals surface area contributed by atoms with Crippen LogP contribution in [-0.2, 0) is 12.0 Å². The summed E-state index contributed by atoms with van der Waals surface area (Å²) < 4.78 is 1.85. The number of rotatable bonds is 3. The second kappa shape index (κ2) is 6.50. The minimum absolute atomic E-state index is 0.120. The molecule has 0 aliphatic heterocycles. The number of hydrogen-bond acceptors (Lipinski definition) is 3. The van der Waals surface area contributed by atoms with Crippen molar-refractivity contribution in [2.75, 3.05) is 0 Å². The molecule has 0 bridgehead atoms. The van der Waals surface area contributed by atoms with E-state index in [0.29, 0.717) is 23.5 Å². The molecule has 1 N–H and O–H groups in total. The first-order chi connectivity index (χ1) is 12.9. The van der Waals surface area contributed by atoms with Gasteiger partial charge in [-0.1, -0.05) is 75.4 Å². The highest BCUT2D eigenvalue weighted by Crippen LogP contribution is 2.23. The third-order valence-corrected chi connectivity index (χ3v) is 4.70. The first kappa shape index (κ1) is 17.2. The maximum atomic E-state index is 12.7. The first-order valence-corrected chi connectivity index (χ1v) is 9.02. The number of imidazole rings is 1. The summed E-state index contributed by atoms with van der Waals surface area (Å²) in [5, 5.41) is 0. The maximum Gasteiger partial charge on any atom is 0.277 e. The molecule has 136 valence electrons. The van der Waals surface area contributed by atoms with Crippen LogP contribution in [0.4, 0.5) is 0 Å². The number of aromatic nitrogens is 4. The van der Waals surface area contributed by atoms with Gasteiger partial charge in [-0.25, -0.2) is 9.97 Å². The zero-order chi connectivity index (χ0) is 19.0. The van der Waals surface area contributed by atoms with Crippen LogP contribution in [-0.4, -0.2) is 19.5 Å². The van der Waals surface area contributed by atoms with Crippen LogP contribution in [0, 0.1) is 0 Å². The largest absolute Gasteiger partial charge is 0.320 e. The van der Waals surface area contributed by atoms with Gasteiger partial charge in [0.05, 0.1) is 6.33 Å². The van der Waals surface area contributed by atoms with E-state index in [1.807, 2.05) is 34.9 Å². The molecule has 0 spiro atoms. The normalized spacial score (nSPS) is 11.8. The molecule has 0 atom stereocenters. The van der Waals surface area contributed by atoms with E-state index in [-0.39, 0.29) is 11.0 Å². The van der Waals surface area contributed by atoms with Crippen LogP contribution in [0.25, 0.3) is 22.6 Å². The van der Waals surface area contributed by atoms with Gasteiger partial charge in [-0.3, -0.25) is 4.79 Å². The lowest BCUT2D eigenvalue weighted by Gasteiger charge is -2.19. The van der Waals surface area contributed by atoms with Gasteiger partial charge in [-0.15, -0.1) is 0 Å². The Morgan fingerprint density at radius 3 is 2.37 bits per heavy atom. The van der Waals surface area contributed by atoms with Gasteiger partial charge in [-0.05, 0) is 16.5 Å². The molecule has 5 heteroatoms. The third kappa shape index (κ3) is 3.40. The number of nitrogens with one attached hydrogen (secondary N) is 1. The molecule has 2 aromatic heterocycles. The molecule has 0 aliphatic rings. The first-order valence-electron chi connectivity index (χ1n) is 9.02. The van der Waals surface area contributed by atoms with Crippen LogP contribution in [0.3, 0.4) is 0 Å². The number of H-pyrrole nitrogens is 1. The summed E-state index contributed by atoms with van der Waals surface area (Å²) in [5.41, 5.74) is 4.17. The molecule has 0 saturated heterocycles. The number of hydrogen-bond donors (Lipinski definition) is 1. The molecule has 4 aromatic rings. The Kier molecular flexibility index (Phi) is 4.15. The Balaban J connectivity index is 1.69. The van der Waals surface area contributed by atoms with E-state index in [4.69, 9.17) is 0 Å². The van der Waals surface area contributed by atoms with Gasteiger partial charge in [0.25, 0.3) is 5.56 Å². The lowest BCUT2D eigenvalue weighted by molar-refractivity contribution is 0.590. The van der Waals surface area contributed by atoms with E-state index in [1.54, 1.807) is 6.33 Å². The van der Waals surface area contributed by atoms with Crippen molar-refractivity contribution in [2.24, 2.45) is 0 Å². The molecule has 2 heterocycles. The van der Waals surface area contributed by atoms with Gasteiger partial charge in [-0.2, -0.15) is 0 Å². The van der Waals surface area contributed by atoms with Gasteiger partial charge in [0.2, 0.25) is 0 Å². The quantitative estimate of drug-likeness (QED) is 0.599. The van der Waals surface area contributed by atoms with Gasteiger partial charge in [0.1, 0.15) is 5.82 Å². The lowest BCUT2D eigenvalue weighted by Crippen LogP contribution is -2.14. The van der Waals surface area contributed by atoms with E-state index in [9.17, 15) is 4.79 Å². The number of fused-ring (bicyclic) bond motifs is 1. The third-order valence-electron chi connectivity index (χ3n) is 4.70. The van der Waals surface area contributed by atoms with E-state index < -0.39 is 0 Å². The molecule has 5 nitrogen and oxygen atoms in total. The lowest BCUT2D eigenvalue weighted by atomic mass is 9.87. The zero-order valence-electron chi connectivity index (χ0n) is 15.7. The summed E-state index contributed by atoms with van der Waals surface area (Å²) in [6.07, 6.45) is 1.68. The van der Waals surface area contributed by atoms with Gasteiger partial charge in [0, 0.05) is 12.1 Å². The number of nitrogens with zero attached hydrogens (tertiary/aromatic N) is 3. The average molecular weight is 358 g/mol. The Hall–Kier alpha value is -3.21. The molecule has 0 saturated carbocycles. The van der Waals surface area contributed by atoms with Crippen molar-refractivity contribution in [2.45, 2.75) is 32.7 Å². The summed E-state index contributed by atoms with van der Waals surface area (Å²) in [7, 11) is 0. The molecule has 0 fully saturated rings. The van der Waals surface area contributed by atoms with Crippen molar-refractivity contribution in [3.05, 3.63) is 82.4 Å². The molecule has 2 aromatic carbocycles. The van der Waals surface area contributed by atoms with Crippen LogP contribution in [0.5, 0.6) is 0 Å². The summed E-state index contributed by atoms with van der Waals surface area (Å²) >= 11 is 0. The fourth-order valence-corrected chi connectivity index (χ4v) is 3.15. The van der Waals surface area contributed by atoms with Gasteiger partial charge < -0.3 is 9.55 Å². The number of benzene rings is 2. The Morgan fingerprint density at radius 1 is 1.00 bits per heavy atom. The Morgan fingerprint density at radius 2 is 1.70 bits per heavy atom. The van der Waals surface area contributed by atoms with Crippen molar-refractivity contribution in [3.8, 4) is 11.4 Å². The fraction of sp³-hybridized carbons (Fsp3) is 0.227. The molecule has 27 heavy (non-hydrogen) atoms. The van der Waals surface area contributed by atoms with Crippen LogP contribution in [0.15, 0.2) is 65.7 Å². The highest BCUT2D eigenvalue weighted by atomic mass is 16.1. The van der Waals surface area contributed by atoms with Crippen LogP contribution in [0.1, 0.15) is 31.9 Å². The molecule has 0 amide bonds. The molecule has 0 aliphatic carbocycles. The van der Waals surface area contributed by atoms with Crippen LogP contribution >= 0.6 is 0 Å². The fourth-order valence-electron chi connectivity index (χ4n) is 3.15. The summed E-state index contributed by atoms with van der Waals surface area (Å²) in [4.78, 5) is 24.4. The van der Waals surface area contributed by atoms with Gasteiger partial charge in [0.15, 0.2) is 11.2 Å². The molecule has 0 unspecified atom stereocenters. The van der Waals surface area contributed by atoms with Crippen LogP contribution < -0.4 is 5.56 Å². The minimum Gasteiger partial charge on any atom is -0.320 e. The van der Waals surface area contributed by atoms with Crippen molar-refractivity contribution < 1.29 is 0 Å². The number of aromatic amines is 1. The van der Waals surface area contributed by atoms with E-state index in [0.717, 1.165) is 11.1 Å². The predicted molar refractivity (Wildman–Crippen MR) is 108 cm³/mol. The summed E-state index contributed by atoms with van der Waals surface area (Å²) in [5.74, 6) is 0.535. The van der Waals surface area contributed by atoms with Gasteiger partial charge >= 0.3 is 0 Å². The topological polar surface area (TPSA) is 63.6 Å². The summed E-state index contributed by atoms with van der Waals surface area (Å²) in [6, 6.07) is 18.1. The van der Waals surface area contributed by atoms with Crippen molar-refractivity contribution in [1.29, 1.82) is 0 Å². The highest BCUT2D eigenvalue weighted by Gasteiger charge is 2.14. The molecule has 0 radical (unpaired) electrons.